The van der Waals surface area contributed by atoms with Gasteiger partial charge in [0.05, 0.1) is 11.5 Å². The minimum atomic E-state index is -3.52. The van der Waals surface area contributed by atoms with E-state index in [2.05, 4.69) is 0 Å². The van der Waals surface area contributed by atoms with Crippen molar-refractivity contribution in [3.63, 3.8) is 0 Å². The van der Waals surface area contributed by atoms with Gasteiger partial charge in [0, 0.05) is 12.3 Å². The Bertz CT molecular complexity index is 540. The van der Waals surface area contributed by atoms with Gasteiger partial charge < -0.3 is 14.6 Å². The van der Waals surface area contributed by atoms with E-state index >= 15 is 0 Å². The molecule has 0 fully saturated rings. The summed E-state index contributed by atoms with van der Waals surface area (Å²) in [7, 11) is -3.52. The fourth-order valence-electron chi connectivity index (χ4n) is 1.47. The van der Waals surface area contributed by atoms with Gasteiger partial charge in [-0.1, -0.05) is 0 Å². The summed E-state index contributed by atoms with van der Waals surface area (Å²) in [6, 6.07) is 2.08. The largest absolute Gasteiger partial charge is 0.483 e. The molecule has 1 aliphatic heterocycles. The number of hydrogen-bond acceptors (Lipinski definition) is 5. The number of rotatable bonds is 2. The maximum atomic E-state index is 13.6. The molecule has 0 saturated heterocycles. The van der Waals surface area contributed by atoms with Crippen LogP contribution in [0.15, 0.2) is 17.0 Å². The molecule has 17 heavy (non-hydrogen) atoms. The van der Waals surface area contributed by atoms with E-state index in [9.17, 15) is 12.8 Å². The Balaban J connectivity index is 2.49. The topological polar surface area (TPSA) is 72.8 Å². The molecule has 2 rings (SSSR count). The van der Waals surface area contributed by atoms with Crippen molar-refractivity contribution in [2.75, 3.05) is 19.5 Å². The van der Waals surface area contributed by atoms with Gasteiger partial charge in [0.2, 0.25) is 0 Å². The number of aliphatic hydroxyl groups is 1. The lowest BCUT2D eigenvalue weighted by Crippen LogP contribution is -2.32. The Hall–Kier alpha value is -1.34. The van der Waals surface area contributed by atoms with Crippen LogP contribution in [0.4, 0.5) is 4.39 Å². The van der Waals surface area contributed by atoms with Crippen LogP contribution in [-0.4, -0.2) is 39.1 Å². The fraction of sp³-hybridized carbons (Fsp3) is 0.400. The van der Waals surface area contributed by atoms with Gasteiger partial charge in [-0.25, -0.2) is 12.8 Å². The first kappa shape index (κ1) is 12.1. The first-order valence-corrected chi connectivity index (χ1v) is 6.75. The zero-order valence-corrected chi connectivity index (χ0v) is 9.83. The zero-order chi connectivity index (χ0) is 12.6. The lowest BCUT2D eigenvalue weighted by molar-refractivity contribution is 0.0425. The molecule has 0 saturated carbocycles. The van der Waals surface area contributed by atoms with Crippen LogP contribution in [0.3, 0.4) is 0 Å². The Labute approximate surface area is 97.7 Å². The number of aliphatic hydroxyl groups excluding tert-OH is 1. The Morgan fingerprint density at radius 1 is 1.53 bits per heavy atom. The average Bonchev–Trinajstić information content (AvgIpc) is 2.27. The fourth-order valence-corrected chi connectivity index (χ4v) is 2.10. The van der Waals surface area contributed by atoms with Crippen LogP contribution in [0.5, 0.6) is 11.5 Å². The van der Waals surface area contributed by atoms with Crippen LogP contribution in [0.25, 0.3) is 0 Å². The standard InChI is InChI=1S/C10H11FO5S/c1-17(13,14)7-2-8(11)10-9(3-7)16-6(4-12)5-15-10/h2-3,6,12H,4-5H2,1H3. The molecule has 0 aliphatic carbocycles. The zero-order valence-electron chi connectivity index (χ0n) is 9.01. The van der Waals surface area contributed by atoms with Crippen LogP contribution >= 0.6 is 0 Å². The highest BCUT2D eigenvalue weighted by Crippen LogP contribution is 2.36. The number of sulfone groups is 1. The number of benzene rings is 1. The van der Waals surface area contributed by atoms with Crippen LogP contribution in [0, 0.1) is 5.82 Å². The third-order valence-corrected chi connectivity index (χ3v) is 3.41. The molecule has 1 aliphatic rings. The molecule has 1 N–H and O–H groups in total. The van der Waals surface area contributed by atoms with Crippen molar-refractivity contribution in [1.29, 1.82) is 0 Å². The Kier molecular flexibility index (Phi) is 2.96. The van der Waals surface area contributed by atoms with Crippen molar-refractivity contribution >= 4 is 9.84 Å². The third-order valence-electron chi connectivity index (χ3n) is 2.32. The van der Waals surface area contributed by atoms with Crippen molar-refractivity contribution in [3.05, 3.63) is 17.9 Å². The number of hydrogen-bond donors (Lipinski definition) is 1. The summed E-state index contributed by atoms with van der Waals surface area (Å²) in [5.74, 6) is -0.919. The first-order chi connectivity index (χ1) is 7.91. The normalized spacial score (nSPS) is 19.1. The molecule has 0 amide bonds. The van der Waals surface area contributed by atoms with Gasteiger partial charge in [0.1, 0.15) is 6.61 Å². The number of halogens is 1. The highest BCUT2D eigenvalue weighted by Gasteiger charge is 2.25. The van der Waals surface area contributed by atoms with Crippen molar-refractivity contribution in [2.45, 2.75) is 11.0 Å². The molecular formula is C10H11FO5S. The van der Waals surface area contributed by atoms with E-state index in [-0.39, 0.29) is 29.6 Å². The Morgan fingerprint density at radius 2 is 2.24 bits per heavy atom. The second kappa shape index (κ2) is 4.15. The second-order valence-electron chi connectivity index (χ2n) is 3.74. The van der Waals surface area contributed by atoms with Crippen molar-refractivity contribution in [3.8, 4) is 11.5 Å². The molecule has 1 unspecified atom stereocenters. The summed E-state index contributed by atoms with van der Waals surface area (Å²) in [5.41, 5.74) is 0. The van der Waals surface area contributed by atoms with Gasteiger partial charge in [0.25, 0.3) is 0 Å². The van der Waals surface area contributed by atoms with Gasteiger partial charge in [-0.3, -0.25) is 0 Å². The molecule has 1 aromatic carbocycles. The van der Waals surface area contributed by atoms with E-state index in [0.717, 1.165) is 12.3 Å². The molecule has 94 valence electrons. The maximum Gasteiger partial charge on any atom is 0.197 e. The molecule has 1 atom stereocenters. The summed E-state index contributed by atoms with van der Waals surface area (Å²) in [6.07, 6.45) is 0.359. The highest BCUT2D eigenvalue weighted by atomic mass is 32.2. The molecule has 0 bridgehead atoms. The monoisotopic (exact) mass is 262 g/mol. The minimum absolute atomic E-state index is 0.00396. The van der Waals surface area contributed by atoms with Crippen LogP contribution in [-0.2, 0) is 9.84 Å². The van der Waals surface area contributed by atoms with Gasteiger partial charge in [-0.15, -0.1) is 0 Å². The second-order valence-corrected chi connectivity index (χ2v) is 5.75. The summed E-state index contributed by atoms with van der Waals surface area (Å²) in [4.78, 5) is -0.184. The first-order valence-electron chi connectivity index (χ1n) is 4.85. The molecule has 5 nitrogen and oxygen atoms in total. The molecule has 1 aromatic rings. The van der Waals surface area contributed by atoms with E-state index in [1.807, 2.05) is 0 Å². The van der Waals surface area contributed by atoms with E-state index in [1.165, 1.54) is 6.07 Å². The smallest absolute Gasteiger partial charge is 0.197 e. The summed E-state index contributed by atoms with van der Waals surface area (Å²) in [5, 5.41) is 8.90. The molecule has 0 radical (unpaired) electrons. The van der Waals surface area contributed by atoms with Crippen LogP contribution in [0.1, 0.15) is 0 Å². The summed E-state index contributed by atoms with van der Waals surface area (Å²) in [6.45, 7) is -0.261. The SMILES string of the molecule is CS(=O)(=O)c1cc(F)c2c(c1)OC(CO)CO2. The third kappa shape index (κ3) is 2.34. The van der Waals surface area contributed by atoms with E-state index in [1.54, 1.807) is 0 Å². The minimum Gasteiger partial charge on any atom is -0.483 e. The predicted molar refractivity (Wildman–Crippen MR) is 56.5 cm³/mol. The number of fused-ring (bicyclic) bond motifs is 1. The van der Waals surface area contributed by atoms with Crippen LogP contribution in [0.2, 0.25) is 0 Å². The maximum absolute atomic E-state index is 13.6. The average molecular weight is 262 g/mol. The quantitative estimate of drug-likeness (QED) is 0.833. The van der Waals surface area contributed by atoms with E-state index in [0.29, 0.717) is 0 Å². The van der Waals surface area contributed by atoms with Gasteiger partial charge in [0.15, 0.2) is 33.3 Å². The van der Waals surface area contributed by atoms with Crippen molar-refractivity contribution < 1.29 is 27.4 Å². The van der Waals surface area contributed by atoms with E-state index < -0.39 is 21.8 Å². The van der Waals surface area contributed by atoms with Crippen molar-refractivity contribution in [2.24, 2.45) is 0 Å². The van der Waals surface area contributed by atoms with Gasteiger partial charge in [-0.05, 0) is 6.07 Å². The van der Waals surface area contributed by atoms with Crippen LogP contribution < -0.4 is 9.47 Å². The summed E-state index contributed by atoms with van der Waals surface area (Å²) < 4.78 is 46.5. The Morgan fingerprint density at radius 3 is 2.82 bits per heavy atom. The van der Waals surface area contributed by atoms with E-state index in [4.69, 9.17) is 14.6 Å². The molecule has 0 spiro atoms. The highest BCUT2D eigenvalue weighted by molar-refractivity contribution is 7.90. The molecule has 1 heterocycles. The van der Waals surface area contributed by atoms with Gasteiger partial charge >= 0.3 is 0 Å². The number of ether oxygens (including phenoxy) is 2. The lowest BCUT2D eigenvalue weighted by atomic mass is 10.2. The molecule has 0 aromatic heterocycles. The molecule has 7 heteroatoms. The summed E-state index contributed by atoms with van der Waals surface area (Å²) >= 11 is 0. The van der Waals surface area contributed by atoms with Crippen molar-refractivity contribution in [1.82, 2.24) is 0 Å². The molecular weight excluding hydrogens is 251 g/mol. The predicted octanol–water partition coefficient (Wildman–Crippen LogP) is 0.361. The lowest BCUT2D eigenvalue weighted by Gasteiger charge is -2.25. The van der Waals surface area contributed by atoms with Gasteiger partial charge in [-0.2, -0.15) is 0 Å².